The highest BCUT2D eigenvalue weighted by molar-refractivity contribution is 5.71. The first-order valence-electron chi connectivity index (χ1n) is 5.42. The molecule has 2 aromatic heterocycles. The van der Waals surface area contributed by atoms with Crippen molar-refractivity contribution in [3.63, 3.8) is 0 Å². The van der Waals surface area contributed by atoms with Crippen LogP contribution in [0.4, 0.5) is 0 Å². The number of nitrogens with zero attached hydrogens (tertiary/aromatic N) is 4. The summed E-state index contributed by atoms with van der Waals surface area (Å²) < 4.78 is 6.69. The maximum Gasteiger partial charge on any atom is 0.131 e. The lowest BCUT2D eigenvalue weighted by Gasteiger charge is -1.99. The van der Waals surface area contributed by atoms with Crippen molar-refractivity contribution in [2.45, 2.75) is 20.4 Å². The highest BCUT2D eigenvalue weighted by Crippen LogP contribution is 2.22. The zero-order chi connectivity index (χ0) is 12.3. The normalized spacial score (nSPS) is 11.2. The third kappa shape index (κ3) is 2.18. The van der Waals surface area contributed by atoms with Gasteiger partial charge in [-0.3, -0.25) is 9.67 Å². The molecule has 0 spiro atoms. The zero-order valence-electron chi connectivity index (χ0n) is 9.92. The van der Waals surface area contributed by atoms with Crippen LogP contribution in [0.1, 0.15) is 19.5 Å². The first kappa shape index (κ1) is 11.3. The van der Waals surface area contributed by atoms with Gasteiger partial charge in [0.15, 0.2) is 0 Å². The maximum atomic E-state index is 4.84. The maximum absolute atomic E-state index is 4.84. The van der Waals surface area contributed by atoms with Crippen molar-refractivity contribution in [3.05, 3.63) is 30.7 Å². The molecule has 5 nitrogen and oxygen atoms in total. The predicted molar refractivity (Wildman–Crippen MR) is 66.6 cm³/mol. The monoisotopic (exact) mass is 230 g/mol. The van der Waals surface area contributed by atoms with E-state index in [4.69, 9.17) is 4.52 Å². The molecular formula is C12H14N4O. The summed E-state index contributed by atoms with van der Waals surface area (Å²) in [6.45, 7) is 8.49. The molecule has 0 bridgehead atoms. The van der Waals surface area contributed by atoms with E-state index in [2.05, 4.69) is 21.8 Å². The molecule has 0 saturated carbocycles. The second-order valence-corrected chi connectivity index (χ2v) is 3.45. The molecule has 5 heteroatoms. The Hall–Kier alpha value is -2.17. The van der Waals surface area contributed by atoms with Crippen LogP contribution in [0.25, 0.3) is 17.1 Å². The van der Waals surface area contributed by atoms with Crippen LogP contribution in [0.2, 0.25) is 0 Å². The molecule has 0 unspecified atom stereocenters. The Balaban J connectivity index is 2.43. The lowest BCUT2D eigenvalue weighted by molar-refractivity contribution is 0.421. The Morgan fingerprint density at radius 2 is 2.47 bits per heavy atom. The average molecular weight is 230 g/mol. The lowest BCUT2D eigenvalue weighted by Crippen LogP contribution is -1.99. The van der Waals surface area contributed by atoms with E-state index in [0.29, 0.717) is 5.70 Å². The largest absolute Gasteiger partial charge is 0.364 e. The van der Waals surface area contributed by atoms with Gasteiger partial charge in [0.05, 0.1) is 11.4 Å². The molecule has 0 aliphatic carbocycles. The number of aryl methyl sites for hydroxylation is 1. The third-order valence-corrected chi connectivity index (χ3v) is 2.36. The third-order valence-electron chi connectivity index (χ3n) is 2.36. The van der Waals surface area contributed by atoms with Gasteiger partial charge in [0, 0.05) is 18.8 Å². The summed E-state index contributed by atoms with van der Waals surface area (Å²) in [5.41, 5.74) is 3.06. The van der Waals surface area contributed by atoms with Crippen LogP contribution in [-0.4, -0.2) is 21.2 Å². The topological polar surface area (TPSA) is 56.2 Å². The minimum absolute atomic E-state index is 0.643. The van der Waals surface area contributed by atoms with Gasteiger partial charge < -0.3 is 4.52 Å². The molecule has 0 atom stereocenters. The first-order valence-corrected chi connectivity index (χ1v) is 5.42. The molecule has 0 aromatic carbocycles. The van der Waals surface area contributed by atoms with Crippen LogP contribution in [0.3, 0.4) is 0 Å². The second-order valence-electron chi connectivity index (χ2n) is 3.45. The SMILES string of the molecule is C=C(N=CC)c1cc(-c2ccon2)n(CC)n1. The van der Waals surface area contributed by atoms with Crippen LogP contribution in [0.15, 0.2) is 34.5 Å². The van der Waals surface area contributed by atoms with Crippen molar-refractivity contribution in [3.8, 4) is 11.4 Å². The molecule has 0 amide bonds. The molecule has 0 saturated heterocycles. The van der Waals surface area contributed by atoms with E-state index in [1.807, 2.05) is 24.6 Å². The van der Waals surface area contributed by atoms with E-state index in [1.54, 1.807) is 18.5 Å². The van der Waals surface area contributed by atoms with E-state index in [-0.39, 0.29) is 0 Å². The quantitative estimate of drug-likeness (QED) is 0.758. The van der Waals surface area contributed by atoms with Gasteiger partial charge in [-0.05, 0) is 19.9 Å². The van der Waals surface area contributed by atoms with Crippen molar-refractivity contribution in [2.75, 3.05) is 0 Å². The Morgan fingerprint density at radius 3 is 3.06 bits per heavy atom. The van der Waals surface area contributed by atoms with Crippen molar-refractivity contribution < 1.29 is 4.52 Å². The van der Waals surface area contributed by atoms with Gasteiger partial charge in [-0.25, -0.2) is 0 Å². The molecule has 0 radical (unpaired) electrons. The fourth-order valence-electron chi connectivity index (χ4n) is 1.57. The number of hydrogen-bond donors (Lipinski definition) is 0. The number of aromatic nitrogens is 3. The van der Waals surface area contributed by atoms with Crippen molar-refractivity contribution in [2.24, 2.45) is 4.99 Å². The summed E-state index contributed by atoms with van der Waals surface area (Å²) >= 11 is 0. The van der Waals surface area contributed by atoms with Crippen molar-refractivity contribution in [1.29, 1.82) is 0 Å². The Kier molecular flexibility index (Phi) is 3.18. The van der Waals surface area contributed by atoms with Crippen LogP contribution in [0, 0.1) is 0 Å². The van der Waals surface area contributed by atoms with Gasteiger partial charge in [0.2, 0.25) is 0 Å². The summed E-state index contributed by atoms with van der Waals surface area (Å²) in [4.78, 5) is 4.13. The number of rotatable bonds is 4. The summed E-state index contributed by atoms with van der Waals surface area (Å²) in [6.07, 6.45) is 3.24. The molecule has 2 heterocycles. The number of hydrogen-bond acceptors (Lipinski definition) is 4. The van der Waals surface area contributed by atoms with E-state index in [9.17, 15) is 0 Å². The Labute approximate surface area is 99.5 Å². The van der Waals surface area contributed by atoms with E-state index < -0.39 is 0 Å². The minimum atomic E-state index is 0.643. The highest BCUT2D eigenvalue weighted by atomic mass is 16.5. The summed E-state index contributed by atoms with van der Waals surface area (Å²) in [5.74, 6) is 0. The molecule has 88 valence electrons. The van der Waals surface area contributed by atoms with Crippen molar-refractivity contribution in [1.82, 2.24) is 14.9 Å². The lowest BCUT2D eigenvalue weighted by atomic mass is 10.2. The summed E-state index contributed by atoms with van der Waals surface area (Å²) in [5, 5.41) is 8.33. The molecule has 2 rings (SSSR count). The molecule has 2 aromatic rings. The standard InChI is InChI=1S/C12H14N4O/c1-4-13-9(3)11-8-12(16(5-2)14-11)10-6-7-17-15-10/h4,6-8H,3,5H2,1-2H3. The molecule has 0 aliphatic heterocycles. The van der Waals surface area contributed by atoms with E-state index >= 15 is 0 Å². The smallest absolute Gasteiger partial charge is 0.131 e. The van der Waals surface area contributed by atoms with Gasteiger partial charge in [0.1, 0.15) is 17.7 Å². The molecular weight excluding hydrogens is 216 g/mol. The summed E-state index contributed by atoms with van der Waals surface area (Å²) in [7, 11) is 0. The van der Waals surface area contributed by atoms with Crippen molar-refractivity contribution >= 4 is 11.9 Å². The average Bonchev–Trinajstić information content (AvgIpc) is 2.97. The van der Waals surface area contributed by atoms with Crippen LogP contribution < -0.4 is 0 Å². The molecule has 0 N–H and O–H groups in total. The minimum Gasteiger partial charge on any atom is -0.364 e. The van der Waals surface area contributed by atoms with Gasteiger partial charge in [-0.1, -0.05) is 11.7 Å². The molecule has 0 fully saturated rings. The first-order chi connectivity index (χ1) is 8.26. The predicted octanol–water partition coefficient (Wildman–Crippen LogP) is 2.62. The van der Waals surface area contributed by atoms with E-state index in [1.165, 1.54) is 0 Å². The van der Waals surface area contributed by atoms with Gasteiger partial charge in [-0.2, -0.15) is 5.10 Å². The fourth-order valence-corrected chi connectivity index (χ4v) is 1.57. The van der Waals surface area contributed by atoms with Crippen LogP contribution in [-0.2, 0) is 6.54 Å². The Morgan fingerprint density at radius 1 is 1.65 bits per heavy atom. The van der Waals surface area contributed by atoms with Gasteiger partial charge >= 0.3 is 0 Å². The number of aliphatic imine (C=N–C) groups is 1. The summed E-state index contributed by atoms with van der Waals surface area (Å²) in [6, 6.07) is 3.72. The van der Waals surface area contributed by atoms with Gasteiger partial charge in [0.25, 0.3) is 0 Å². The molecule has 0 aliphatic rings. The molecule has 17 heavy (non-hydrogen) atoms. The Bertz CT molecular complexity index is 537. The zero-order valence-corrected chi connectivity index (χ0v) is 9.92. The second kappa shape index (κ2) is 4.78. The van der Waals surface area contributed by atoms with Crippen LogP contribution >= 0.6 is 0 Å². The fraction of sp³-hybridized carbons (Fsp3) is 0.250. The van der Waals surface area contributed by atoms with Crippen LogP contribution in [0.5, 0.6) is 0 Å². The highest BCUT2D eigenvalue weighted by Gasteiger charge is 2.12. The van der Waals surface area contributed by atoms with Gasteiger partial charge in [-0.15, -0.1) is 0 Å². The van der Waals surface area contributed by atoms with E-state index in [0.717, 1.165) is 23.6 Å².